The molecule has 0 rings (SSSR count). The molecule has 0 aliphatic rings. The summed E-state index contributed by atoms with van der Waals surface area (Å²) in [6, 6.07) is 0. The minimum atomic E-state index is 0.319. The van der Waals surface area contributed by atoms with E-state index in [1.54, 1.807) is 18.7 Å². The highest BCUT2D eigenvalue weighted by Crippen LogP contribution is 2.47. The molecule has 0 aliphatic heterocycles. The topological polar surface area (TPSA) is 0 Å². The molecule has 0 fully saturated rings. The summed E-state index contributed by atoms with van der Waals surface area (Å²) in [7, 11) is 0.319. The van der Waals surface area contributed by atoms with E-state index in [1.165, 1.54) is 116 Å². The Morgan fingerprint density at radius 2 is 0.815 bits per heavy atom. The van der Waals surface area contributed by atoms with E-state index in [9.17, 15) is 0 Å². The van der Waals surface area contributed by atoms with Gasteiger partial charge >= 0.3 is 0 Å². The lowest BCUT2D eigenvalue weighted by molar-refractivity contribution is 0.532. The van der Waals surface area contributed by atoms with Gasteiger partial charge < -0.3 is 0 Å². The van der Waals surface area contributed by atoms with Gasteiger partial charge in [0.2, 0.25) is 0 Å². The second-order valence-electron chi connectivity index (χ2n) is 8.86. The molecule has 0 aromatic rings. The minimum Gasteiger partial charge on any atom is -0.104 e. The molecule has 0 saturated carbocycles. The summed E-state index contributed by atoms with van der Waals surface area (Å²) in [5, 5.41) is 0. The Morgan fingerprint density at radius 1 is 0.407 bits per heavy atom. The highest BCUT2D eigenvalue weighted by atomic mass is 31.1. The number of hydrogen-bond donors (Lipinski definition) is 0. The summed E-state index contributed by atoms with van der Waals surface area (Å²) < 4.78 is 0. The van der Waals surface area contributed by atoms with Gasteiger partial charge in [0.1, 0.15) is 0 Å². The van der Waals surface area contributed by atoms with Crippen LogP contribution in [0.4, 0.5) is 0 Å². The van der Waals surface area contributed by atoms with Crippen LogP contribution >= 0.6 is 7.92 Å². The Labute approximate surface area is 175 Å². The second kappa shape index (κ2) is 22.7. The zero-order chi connectivity index (χ0) is 20.0. The molecule has 0 bridgehead atoms. The SMILES string of the molecule is CCCCCCCCCCCCCCC(CCC)P(CCCC)CCCC. The molecule has 1 atom stereocenters. The zero-order valence-corrected chi connectivity index (χ0v) is 20.8. The maximum absolute atomic E-state index is 2.41. The molecule has 0 aromatic carbocycles. The van der Waals surface area contributed by atoms with Crippen molar-refractivity contribution in [2.45, 2.75) is 155 Å². The van der Waals surface area contributed by atoms with Gasteiger partial charge in [0.15, 0.2) is 0 Å². The molecule has 0 nitrogen and oxygen atoms in total. The summed E-state index contributed by atoms with van der Waals surface area (Å²) in [4.78, 5) is 0. The first-order valence-corrected chi connectivity index (χ1v) is 14.8. The van der Waals surface area contributed by atoms with Crippen molar-refractivity contribution >= 4 is 7.92 Å². The third-order valence-corrected chi connectivity index (χ3v) is 9.46. The first kappa shape index (κ1) is 27.4. The van der Waals surface area contributed by atoms with Gasteiger partial charge in [-0.2, -0.15) is 0 Å². The van der Waals surface area contributed by atoms with E-state index >= 15 is 0 Å². The molecule has 0 heterocycles. The van der Waals surface area contributed by atoms with Crippen molar-refractivity contribution in [1.29, 1.82) is 0 Å². The van der Waals surface area contributed by atoms with E-state index in [4.69, 9.17) is 0 Å². The number of rotatable bonds is 22. The normalized spacial score (nSPS) is 12.8. The van der Waals surface area contributed by atoms with Crippen LogP contribution in [0.15, 0.2) is 0 Å². The van der Waals surface area contributed by atoms with Crippen LogP contribution in [0.25, 0.3) is 0 Å². The van der Waals surface area contributed by atoms with Gasteiger partial charge in [0.05, 0.1) is 0 Å². The van der Waals surface area contributed by atoms with Crippen molar-refractivity contribution in [1.82, 2.24) is 0 Å². The van der Waals surface area contributed by atoms with Crippen LogP contribution in [-0.4, -0.2) is 18.0 Å². The fraction of sp³-hybridized carbons (Fsp3) is 1.00. The van der Waals surface area contributed by atoms with E-state index in [2.05, 4.69) is 27.7 Å². The summed E-state index contributed by atoms with van der Waals surface area (Å²) in [5.74, 6) is 0. The predicted molar refractivity (Wildman–Crippen MR) is 131 cm³/mol. The monoisotopic (exact) mass is 398 g/mol. The Hall–Kier alpha value is 0.430. The smallest absolute Gasteiger partial charge is 0.0209 e. The fourth-order valence-corrected chi connectivity index (χ4v) is 7.83. The van der Waals surface area contributed by atoms with Crippen LogP contribution in [0.5, 0.6) is 0 Å². The summed E-state index contributed by atoms with van der Waals surface area (Å²) in [5.41, 5.74) is 1.09. The van der Waals surface area contributed by atoms with Crippen LogP contribution in [0, 0.1) is 0 Å². The maximum Gasteiger partial charge on any atom is -0.0209 e. The Bertz CT molecular complexity index is 255. The molecule has 0 radical (unpaired) electrons. The summed E-state index contributed by atoms with van der Waals surface area (Å²) in [6.07, 6.45) is 31.0. The molecule has 0 saturated heterocycles. The molecule has 164 valence electrons. The Balaban J connectivity index is 3.77. The second-order valence-corrected chi connectivity index (χ2v) is 11.7. The quantitative estimate of drug-likeness (QED) is 0.126. The Morgan fingerprint density at radius 3 is 1.22 bits per heavy atom. The van der Waals surface area contributed by atoms with Crippen molar-refractivity contribution in [3.05, 3.63) is 0 Å². The van der Waals surface area contributed by atoms with Gasteiger partial charge in [0.25, 0.3) is 0 Å². The van der Waals surface area contributed by atoms with Crippen LogP contribution in [-0.2, 0) is 0 Å². The van der Waals surface area contributed by atoms with Crippen LogP contribution in [0.2, 0.25) is 0 Å². The summed E-state index contributed by atoms with van der Waals surface area (Å²) in [6.45, 7) is 9.45. The zero-order valence-electron chi connectivity index (χ0n) is 19.9. The standard InChI is InChI=1S/C26H55P/c1-5-9-12-13-14-15-16-17-18-19-20-21-23-26(22-8-4)27(24-10-6-2)25-11-7-3/h26H,5-25H2,1-4H3. The van der Waals surface area contributed by atoms with Gasteiger partial charge in [-0.1, -0.05) is 124 Å². The predicted octanol–water partition coefficient (Wildman–Crippen LogP) is 10.3. The number of unbranched alkanes of at least 4 members (excludes halogenated alkanes) is 13. The van der Waals surface area contributed by atoms with E-state index in [0.717, 1.165) is 5.66 Å². The first-order chi connectivity index (χ1) is 13.3. The molecule has 1 unspecified atom stereocenters. The molecule has 0 N–H and O–H groups in total. The van der Waals surface area contributed by atoms with Crippen molar-refractivity contribution in [3.63, 3.8) is 0 Å². The van der Waals surface area contributed by atoms with Gasteiger partial charge in [-0.05, 0) is 43.7 Å². The lowest BCUT2D eigenvalue weighted by Gasteiger charge is -2.28. The van der Waals surface area contributed by atoms with Gasteiger partial charge in [0, 0.05) is 0 Å². The highest BCUT2D eigenvalue weighted by Gasteiger charge is 2.18. The lowest BCUT2D eigenvalue weighted by atomic mass is 10.0. The Kier molecular flexibility index (Phi) is 23.1. The molecule has 0 spiro atoms. The fourth-order valence-electron chi connectivity index (χ4n) is 4.26. The van der Waals surface area contributed by atoms with E-state index in [-0.39, 0.29) is 0 Å². The van der Waals surface area contributed by atoms with E-state index < -0.39 is 0 Å². The molecule has 0 aromatic heterocycles. The molecule has 0 amide bonds. The third kappa shape index (κ3) is 18.2. The van der Waals surface area contributed by atoms with Gasteiger partial charge in [-0.3, -0.25) is 0 Å². The van der Waals surface area contributed by atoms with Crippen molar-refractivity contribution in [2.24, 2.45) is 0 Å². The van der Waals surface area contributed by atoms with Crippen molar-refractivity contribution < 1.29 is 0 Å². The molecule has 27 heavy (non-hydrogen) atoms. The number of hydrogen-bond acceptors (Lipinski definition) is 0. The van der Waals surface area contributed by atoms with Crippen LogP contribution < -0.4 is 0 Å². The van der Waals surface area contributed by atoms with E-state index in [0.29, 0.717) is 7.92 Å². The van der Waals surface area contributed by atoms with Crippen molar-refractivity contribution in [3.8, 4) is 0 Å². The van der Waals surface area contributed by atoms with Crippen LogP contribution in [0.1, 0.15) is 150 Å². The molecule has 0 aliphatic carbocycles. The highest BCUT2D eigenvalue weighted by molar-refractivity contribution is 7.58. The maximum atomic E-state index is 2.41. The summed E-state index contributed by atoms with van der Waals surface area (Å²) >= 11 is 0. The molecular formula is C26H55P. The molecular weight excluding hydrogens is 343 g/mol. The van der Waals surface area contributed by atoms with E-state index in [1.807, 2.05) is 0 Å². The average Bonchev–Trinajstić information content (AvgIpc) is 2.68. The van der Waals surface area contributed by atoms with Crippen LogP contribution in [0.3, 0.4) is 0 Å². The average molecular weight is 399 g/mol. The molecule has 1 heteroatoms. The first-order valence-electron chi connectivity index (χ1n) is 13.0. The lowest BCUT2D eigenvalue weighted by Crippen LogP contribution is -2.10. The third-order valence-electron chi connectivity index (χ3n) is 6.13. The van der Waals surface area contributed by atoms with Crippen molar-refractivity contribution in [2.75, 3.05) is 12.3 Å². The van der Waals surface area contributed by atoms with Gasteiger partial charge in [-0.15, -0.1) is 7.92 Å². The minimum absolute atomic E-state index is 0.319. The largest absolute Gasteiger partial charge is 0.104 e. The van der Waals surface area contributed by atoms with Gasteiger partial charge in [-0.25, -0.2) is 0 Å².